The molecule has 0 aromatic heterocycles. The van der Waals surface area contributed by atoms with Gasteiger partial charge in [-0.05, 0) is 81.0 Å². The highest BCUT2D eigenvalue weighted by Gasteiger charge is 2.19. The number of fused-ring (bicyclic) bond motifs is 2. The van der Waals surface area contributed by atoms with Crippen LogP contribution in [0.5, 0.6) is 0 Å². The van der Waals surface area contributed by atoms with Crippen LogP contribution in [0.4, 0.5) is 0 Å². The molecular formula is C33H28. The number of rotatable bonds is 4. The van der Waals surface area contributed by atoms with Crippen LogP contribution in [0, 0.1) is 0 Å². The molecule has 1 aliphatic rings. The van der Waals surface area contributed by atoms with Crippen LogP contribution in [0.2, 0.25) is 0 Å². The van der Waals surface area contributed by atoms with Gasteiger partial charge in [0.2, 0.25) is 0 Å². The Hall–Kier alpha value is -3.90. The average molecular weight is 425 g/mol. The third-order valence-electron chi connectivity index (χ3n) is 6.46. The summed E-state index contributed by atoms with van der Waals surface area (Å²) in [5, 5.41) is 5.18. The molecule has 0 atom stereocenters. The Morgan fingerprint density at radius 1 is 0.758 bits per heavy atom. The summed E-state index contributed by atoms with van der Waals surface area (Å²) in [6.07, 6.45) is 7.44. The van der Waals surface area contributed by atoms with Crippen molar-refractivity contribution in [2.75, 3.05) is 0 Å². The molecule has 0 unspecified atom stereocenters. The van der Waals surface area contributed by atoms with Crippen molar-refractivity contribution in [3.63, 3.8) is 0 Å². The largest absolute Gasteiger partial charge is 0.0955 e. The molecule has 0 N–H and O–H groups in total. The highest BCUT2D eigenvalue weighted by molar-refractivity contribution is 5.90. The Kier molecular flexibility index (Phi) is 5.67. The lowest BCUT2D eigenvalue weighted by Crippen LogP contribution is -2.33. The van der Waals surface area contributed by atoms with Gasteiger partial charge in [0.05, 0.1) is 0 Å². The lowest BCUT2D eigenvalue weighted by Gasteiger charge is -2.22. The van der Waals surface area contributed by atoms with E-state index in [0.29, 0.717) is 0 Å². The van der Waals surface area contributed by atoms with E-state index < -0.39 is 0 Å². The molecule has 0 aliphatic heterocycles. The van der Waals surface area contributed by atoms with Gasteiger partial charge in [-0.2, -0.15) is 0 Å². The standard InChI is InChI=1S/C33H28/c1-4-5-10-29-22-32(28-20-17-25-11-6-7-12-27(25)21-28)30-13-8-9-14-31(30)33(29)26-18-15-24(16-19-26)23(2)3/h4-21H,2,22H2,1,3H3/b5-4-,29-10+. The van der Waals surface area contributed by atoms with E-state index in [-0.39, 0.29) is 0 Å². The normalized spacial score (nSPS) is 14.8. The van der Waals surface area contributed by atoms with Crippen LogP contribution in [0.1, 0.15) is 37.0 Å². The summed E-state index contributed by atoms with van der Waals surface area (Å²) >= 11 is 0. The van der Waals surface area contributed by atoms with Crippen molar-refractivity contribution >= 4 is 27.5 Å². The molecule has 0 saturated heterocycles. The Balaban J connectivity index is 1.81. The highest BCUT2D eigenvalue weighted by atomic mass is 14.2. The number of benzene rings is 4. The molecular weight excluding hydrogens is 396 g/mol. The molecule has 0 heterocycles. The maximum absolute atomic E-state index is 4.09. The summed E-state index contributed by atoms with van der Waals surface area (Å²) < 4.78 is 0. The third kappa shape index (κ3) is 4.01. The third-order valence-corrected chi connectivity index (χ3v) is 6.46. The lowest BCUT2D eigenvalue weighted by atomic mass is 9.82. The van der Waals surface area contributed by atoms with Gasteiger partial charge in [-0.1, -0.05) is 115 Å². The Morgan fingerprint density at radius 2 is 1.42 bits per heavy atom. The molecule has 5 rings (SSSR count). The van der Waals surface area contributed by atoms with Gasteiger partial charge in [0.15, 0.2) is 0 Å². The predicted octanol–water partition coefficient (Wildman–Crippen LogP) is 7.18. The van der Waals surface area contributed by atoms with Crippen molar-refractivity contribution in [3.05, 3.63) is 149 Å². The van der Waals surface area contributed by atoms with Gasteiger partial charge in [0.1, 0.15) is 0 Å². The van der Waals surface area contributed by atoms with E-state index in [1.165, 1.54) is 54.6 Å². The Bertz CT molecular complexity index is 1540. The minimum atomic E-state index is 0.900. The molecule has 4 aromatic rings. The van der Waals surface area contributed by atoms with Gasteiger partial charge in [-0.25, -0.2) is 0 Å². The van der Waals surface area contributed by atoms with Crippen LogP contribution < -0.4 is 10.4 Å². The SMILES string of the molecule is C=C(C)c1ccc(C2=c3ccccc3=C(c3ccc4ccccc4c3)C/C2=C\C=C/C)cc1. The van der Waals surface area contributed by atoms with Crippen molar-refractivity contribution in [3.8, 4) is 0 Å². The zero-order chi connectivity index (χ0) is 22.8. The second-order valence-corrected chi connectivity index (χ2v) is 8.71. The molecule has 33 heavy (non-hydrogen) atoms. The van der Waals surface area contributed by atoms with Crippen LogP contribution in [-0.4, -0.2) is 0 Å². The highest BCUT2D eigenvalue weighted by Crippen LogP contribution is 2.32. The monoisotopic (exact) mass is 424 g/mol. The zero-order valence-electron chi connectivity index (χ0n) is 19.3. The molecule has 0 fully saturated rings. The van der Waals surface area contributed by atoms with Gasteiger partial charge >= 0.3 is 0 Å². The van der Waals surface area contributed by atoms with E-state index in [1.54, 1.807) is 0 Å². The molecule has 1 aliphatic carbocycles. The summed E-state index contributed by atoms with van der Waals surface area (Å²) in [7, 11) is 0. The van der Waals surface area contributed by atoms with E-state index in [1.807, 2.05) is 0 Å². The summed E-state index contributed by atoms with van der Waals surface area (Å²) in [6, 6.07) is 33.1. The number of allylic oxidation sites excluding steroid dienone is 5. The number of hydrogen-bond donors (Lipinski definition) is 0. The molecule has 0 nitrogen and oxygen atoms in total. The van der Waals surface area contributed by atoms with Gasteiger partial charge < -0.3 is 0 Å². The maximum Gasteiger partial charge on any atom is -0.000728 e. The molecule has 0 heteroatoms. The van der Waals surface area contributed by atoms with Gasteiger partial charge in [-0.15, -0.1) is 0 Å². The van der Waals surface area contributed by atoms with Crippen LogP contribution in [0.25, 0.3) is 27.5 Å². The average Bonchev–Trinajstić information content (AvgIpc) is 2.86. The van der Waals surface area contributed by atoms with E-state index in [0.717, 1.165) is 12.0 Å². The number of hydrogen-bond acceptors (Lipinski definition) is 0. The summed E-state index contributed by atoms with van der Waals surface area (Å²) in [5.74, 6) is 0. The minimum Gasteiger partial charge on any atom is -0.0955 e. The Labute approximate surface area is 196 Å². The van der Waals surface area contributed by atoms with E-state index in [9.17, 15) is 0 Å². The van der Waals surface area contributed by atoms with Gasteiger partial charge in [0, 0.05) is 0 Å². The summed E-state index contributed by atoms with van der Waals surface area (Å²) in [4.78, 5) is 0. The molecule has 0 bridgehead atoms. The Morgan fingerprint density at radius 3 is 2.15 bits per heavy atom. The second-order valence-electron chi connectivity index (χ2n) is 8.71. The molecule has 0 spiro atoms. The molecule has 160 valence electrons. The fraction of sp³-hybridized carbons (Fsp3) is 0.0909. The smallest absolute Gasteiger partial charge is 0.000728 e. The zero-order valence-corrected chi connectivity index (χ0v) is 19.3. The first-order valence-electron chi connectivity index (χ1n) is 11.6. The first kappa shape index (κ1) is 21.0. The first-order chi connectivity index (χ1) is 16.2. The van der Waals surface area contributed by atoms with Crippen LogP contribution in [0.3, 0.4) is 0 Å². The maximum atomic E-state index is 4.09. The van der Waals surface area contributed by atoms with Crippen molar-refractivity contribution in [2.45, 2.75) is 20.3 Å². The van der Waals surface area contributed by atoms with E-state index in [4.69, 9.17) is 0 Å². The quantitative estimate of drug-likeness (QED) is 0.325. The van der Waals surface area contributed by atoms with Gasteiger partial charge in [-0.3, -0.25) is 0 Å². The molecule has 4 aromatic carbocycles. The van der Waals surface area contributed by atoms with Crippen LogP contribution in [-0.2, 0) is 0 Å². The van der Waals surface area contributed by atoms with Crippen molar-refractivity contribution < 1.29 is 0 Å². The lowest BCUT2D eigenvalue weighted by molar-refractivity contribution is 1.22. The molecule has 0 radical (unpaired) electrons. The predicted molar refractivity (Wildman–Crippen MR) is 143 cm³/mol. The van der Waals surface area contributed by atoms with E-state index >= 15 is 0 Å². The second kappa shape index (κ2) is 8.92. The first-order valence-corrected chi connectivity index (χ1v) is 11.6. The van der Waals surface area contributed by atoms with Crippen molar-refractivity contribution in [2.24, 2.45) is 0 Å². The molecule has 0 amide bonds. The summed E-state index contributed by atoms with van der Waals surface area (Å²) in [6.45, 7) is 8.22. The summed E-state index contributed by atoms with van der Waals surface area (Å²) in [5.41, 5.74) is 8.87. The molecule has 0 saturated carbocycles. The fourth-order valence-electron chi connectivity index (χ4n) is 4.76. The van der Waals surface area contributed by atoms with Crippen LogP contribution >= 0.6 is 0 Å². The van der Waals surface area contributed by atoms with Gasteiger partial charge in [0.25, 0.3) is 0 Å². The minimum absolute atomic E-state index is 0.900. The van der Waals surface area contributed by atoms with Crippen molar-refractivity contribution in [1.29, 1.82) is 0 Å². The topological polar surface area (TPSA) is 0 Å². The van der Waals surface area contributed by atoms with Crippen LogP contribution in [0.15, 0.2) is 121 Å². The fourth-order valence-corrected chi connectivity index (χ4v) is 4.76. The van der Waals surface area contributed by atoms with E-state index in [2.05, 4.69) is 130 Å². The van der Waals surface area contributed by atoms with Crippen molar-refractivity contribution in [1.82, 2.24) is 0 Å².